The van der Waals surface area contributed by atoms with Crippen LogP contribution in [-0.4, -0.2) is 16.1 Å². The van der Waals surface area contributed by atoms with Crippen molar-refractivity contribution in [2.45, 2.75) is 44.6 Å². The first-order chi connectivity index (χ1) is 9.63. The summed E-state index contributed by atoms with van der Waals surface area (Å²) in [6.45, 7) is 0. The third-order valence-electron chi connectivity index (χ3n) is 4.54. The van der Waals surface area contributed by atoms with Crippen molar-refractivity contribution in [3.8, 4) is 5.75 Å². The lowest BCUT2D eigenvalue weighted by atomic mass is 9.82. The summed E-state index contributed by atoms with van der Waals surface area (Å²) in [6.07, 6.45) is 7.41. The maximum absolute atomic E-state index is 11.1. The summed E-state index contributed by atoms with van der Waals surface area (Å²) in [5.41, 5.74) is 0.479. The van der Waals surface area contributed by atoms with Crippen molar-refractivity contribution in [2.75, 3.05) is 5.32 Å². The van der Waals surface area contributed by atoms with E-state index < -0.39 is 4.92 Å². The monoisotopic (exact) mass is 276 g/mol. The van der Waals surface area contributed by atoms with Crippen molar-refractivity contribution < 1.29 is 10.0 Å². The highest BCUT2D eigenvalue weighted by molar-refractivity contribution is 5.64. The van der Waals surface area contributed by atoms with Gasteiger partial charge >= 0.3 is 0 Å². The van der Waals surface area contributed by atoms with Gasteiger partial charge in [-0.1, -0.05) is 12.8 Å². The van der Waals surface area contributed by atoms with E-state index >= 15 is 0 Å². The molecule has 2 N–H and O–H groups in total. The molecule has 2 saturated carbocycles. The first kappa shape index (κ1) is 13.2. The quantitative estimate of drug-likeness (QED) is 0.499. The van der Waals surface area contributed by atoms with E-state index in [0.29, 0.717) is 11.7 Å². The highest BCUT2D eigenvalue weighted by Crippen LogP contribution is 2.44. The fourth-order valence-electron chi connectivity index (χ4n) is 3.37. The maximum Gasteiger partial charge on any atom is 0.296 e. The predicted octanol–water partition coefficient (Wildman–Crippen LogP) is 3.68. The number of nitro groups is 1. The number of benzene rings is 1. The molecule has 0 bridgehead atoms. The second-order valence-electron chi connectivity index (χ2n) is 6.06. The van der Waals surface area contributed by atoms with Gasteiger partial charge < -0.3 is 10.4 Å². The zero-order valence-electron chi connectivity index (χ0n) is 11.4. The van der Waals surface area contributed by atoms with Crippen molar-refractivity contribution in [1.29, 1.82) is 0 Å². The van der Waals surface area contributed by atoms with E-state index in [1.54, 1.807) is 6.07 Å². The third kappa shape index (κ3) is 2.86. The van der Waals surface area contributed by atoms with Crippen molar-refractivity contribution in [3.63, 3.8) is 0 Å². The lowest BCUT2D eigenvalue weighted by molar-refractivity contribution is -0.384. The fraction of sp³-hybridized carbons (Fsp3) is 0.600. The van der Waals surface area contributed by atoms with Crippen molar-refractivity contribution in [3.05, 3.63) is 28.3 Å². The van der Waals surface area contributed by atoms with Gasteiger partial charge in [0.1, 0.15) is 11.4 Å². The Morgan fingerprint density at radius 1 is 1.20 bits per heavy atom. The Morgan fingerprint density at radius 3 is 2.70 bits per heavy atom. The Kier molecular flexibility index (Phi) is 3.51. The van der Waals surface area contributed by atoms with Crippen LogP contribution in [0.25, 0.3) is 0 Å². The van der Waals surface area contributed by atoms with Crippen LogP contribution in [0.15, 0.2) is 18.2 Å². The minimum Gasteiger partial charge on any atom is -0.508 e. The van der Waals surface area contributed by atoms with Gasteiger partial charge in [-0.15, -0.1) is 0 Å². The van der Waals surface area contributed by atoms with Gasteiger partial charge in [0.2, 0.25) is 0 Å². The first-order valence-electron chi connectivity index (χ1n) is 7.37. The van der Waals surface area contributed by atoms with Crippen LogP contribution in [0.3, 0.4) is 0 Å². The van der Waals surface area contributed by atoms with Crippen molar-refractivity contribution >= 4 is 11.4 Å². The number of aromatic hydroxyl groups is 1. The smallest absolute Gasteiger partial charge is 0.296 e. The molecule has 0 amide bonds. The molecule has 2 aliphatic rings. The lowest BCUT2D eigenvalue weighted by Crippen LogP contribution is -2.28. The average molecular weight is 276 g/mol. The molecule has 2 atom stereocenters. The molecule has 0 aromatic heterocycles. The summed E-state index contributed by atoms with van der Waals surface area (Å²) in [5, 5.41) is 23.8. The number of hydrogen-bond acceptors (Lipinski definition) is 4. The van der Waals surface area contributed by atoms with Crippen molar-refractivity contribution in [2.24, 2.45) is 11.8 Å². The van der Waals surface area contributed by atoms with E-state index in [4.69, 9.17) is 0 Å². The third-order valence-corrected chi connectivity index (χ3v) is 4.54. The zero-order valence-corrected chi connectivity index (χ0v) is 11.4. The summed E-state index contributed by atoms with van der Waals surface area (Å²) in [5.74, 6) is 1.62. The molecule has 0 heterocycles. The van der Waals surface area contributed by atoms with Crippen LogP contribution in [0.2, 0.25) is 0 Å². The van der Waals surface area contributed by atoms with Gasteiger partial charge in [-0.2, -0.15) is 0 Å². The van der Waals surface area contributed by atoms with E-state index in [9.17, 15) is 15.2 Å². The van der Waals surface area contributed by atoms with Gasteiger partial charge in [-0.05, 0) is 49.7 Å². The van der Waals surface area contributed by atoms with Gasteiger partial charge in [-0.25, -0.2) is 0 Å². The molecule has 2 fully saturated rings. The molecule has 5 heteroatoms. The normalized spacial score (nSPS) is 26.2. The van der Waals surface area contributed by atoms with Gasteiger partial charge in [0.15, 0.2) is 0 Å². The lowest BCUT2D eigenvalue weighted by Gasteiger charge is -2.30. The van der Waals surface area contributed by atoms with Gasteiger partial charge in [0.05, 0.1) is 11.0 Å². The number of hydrogen-bond donors (Lipinski definition) is 2. The Balaban J connectivity index is 1.71. The Labute approximate surface area is 118 Å². The van der Waals surface area contributed by atoms with Crippen LogP contribution in [0.5, 0.6) is 5.75 Å². The molecule has 0 saturated heterocycles. The number of anilines is 1. The summed E-state index contributed by atoms with van der Waals surface area (Å²) in [7, 11) is 0. The topological polar surface area (TPSA) is 75.4 Å². The average Bonchev–Trinajstić information content (AvgIpc) is 3.25. The number of nitrogens with zero attached hydrogens (tertiary/aromatic N) is 1. The Hall–Kier alpha value is -1.78. The van der Waals surface area contributed by atoms with Crippen LogP contribution < -0.4 is 5.32 Å². The molecular formula is C15H20N2O3. The van der Waals surface area contributed by atoms with Crippen LogP contribution in [0.1, 0.15) is 38.5 Å². The maximum atomic E-state index is 11.1. The standard InChI is InChI=1S/C15H20N2O3/c18-13-6-7-14(15(9-13)17(19)20)16-12-3-1-2-11(8-12)10-4-5-10/h6-7,9-12,16,18H,1-5,8H2. The number of phenols is 1. The van der Waals surface area contributed by atoms with E-state index in [2.05, 4.69) is 5.32 Å². The van der Waals surface area contributed by atoms with E-state index in [-0.39, 0.29) is 11.4 Å². The van der Waals surface area contributed by atoms with E-state index in [1.807, 2.05) is 0 Å². The Morgan fingerprint density at radius 2 is 2.00 bits per heavy atom. The van der Waals surface area contributed by atoms with Gasteiger partial charge in [-0.3, -0.25) is 10.1 Å². The molecule has 20 heavy (non-hydrogen) atoms. The number of nitro benzene ring substituents is 1. The fourth-order valence-corrected chi connectivity index (χ4v) is 3.37. The molecule has 2 unspecified atom stereocenters. The van der Waals surface area contributed by atoms with Crippen LogP contribution in [0, 0.1) is 22.0 Å². The first-order valence-corrected chi connectivity index (χ1v) is 7.37. The second-order valence-corrected chi connectivity index (χ2v) is 6.06. The SMILES string of the molecule is O=[N+]([O-])c1cc(O)ccc1NC1CCCC(C2CC2)C1. The highest BCUT2D eigenvalue weighted by atomic mass is 16.6. The molecule has 2 aliphatic carbocycles. The molecule has 3 rings (SSSR count). The van der Waals surface area contributed by atoms with Gasteiger partial charge in [0, 0.05) is 6.04 Å². The number of nitrogens with one attached hydrogen (secondary N) is 1. The van der Waals surface area contributed by atoms with Crippen LogP contribution >= 0.6 is 0 Å². The largest absolute Gasteiger partial charge is 0.508 e. The molecule has 1 aromatic carbocycles. The number of rotatable bonds is 4. The Bertz CT molecular complexity index is 514. The minimum absolute atomic E-state index is 0.0430. The number of phenolic OH excluding ortho intramolecular Hbond substituents is 1. The summed E-state index contributed by atoms with van der Waals surface area (Å²) in [4.78, 5) is 10.6. The summed E-state index contributed by atoms with van der Waals surface area (Å²) in [6, 6.07) is 4.63. The molecule has 108 valence electrons. The van der Waals surface area contributed by atoms with Crippen LogP contribution in [0.4, 0.5) is 11.4 Å². The van der Waals surface area contributed by atoms with Gasteiger partial charge in [0.25, 0.3) is 5.69 Å². The zero-order chi connectivity index (χ0) is 14.1. The van der Waals surface area contributed by atoms with E-state index in [0.717, 1.165) is 24.7 Å². The molecule has 0 spiro atoms. The molecule has 0 radical (unpaired) electrons. The predicted molar refractivity (Wildman–Crippen MR) is 76.9 cm³/mol. The summed E-state index contributed by atoms with van der Waals surface area (Å²) >= 11 is 0. The summed E-state index contributed by atoms with van der Waals surface area (Å²) < 4.78 is 0. The molecule has 0 aliphatic heterocycles. The van der Waals surface area contributed by atoms with Crippen LogP contribution in [-0.2, 0) is 0 Å². The molecular weight excluding hydrogens is 256 g/mol. The second kappa shape index (κ2) is 5.31. The molecule has 1 aromatic rings. The highest BCUT2D eigenvalue weighted by Gasteiger charge is 2.35. The van der Waals surface area contributed by atoms with E-state index in [1.165, 1.54) is 37.8 Å². The minimum atomic E-state index is -0.441. The van der Waals surface area contributed by atoms with Crippen molar-refractivity contribution in [1.82, 2.24) is 0 Å². The molecule has 5 nitrogen and oxygen atoms in total.